The third-order valence-corrected chi connectivity index (χ3v) is 5.10. The average molecular weight is 272 g/mol. The Hall–Kier alpha value is -0.860. The highest BCUT2D eigenvalue weighted by Crippen LogP contribution is 2.27. The lowest BCUT2D eigenvalue weighted by Crippen LogP contribution is -2.36. The number of rotatable bonds is 4. The van der Waals surface area contributed by atoms with Crippen LogP contribution in [0.2, 0.25) is 0 Å². The van der Waals surface area contributed by atoms with Gasteiger partial charge in [0.15, 0.2) is 0 Å². The van der Waals surface area contributed by atoms with E-state index in [2.05, 4.69) is 48.3 Å². The van der Waals surface area contributed by atoms with Crippen molar-refractivity contribution in [2.75, 3.05) is 13.1 Å². The summed E-state index contributed by atoms with van der Waals surface area (Å²) in [7, 11) is 0. The molecule has 0 aromatic heterocycles. The van der Waals surface area contributed by atoms with E-state index in [-0.39, 0.29) is 0 Å². The molecule has 110 valence electrons. The number of benzene rings is 1. The van der Waals surface area contributed by atoms with Gasteiger partial charge in [0.1, 0.15) is 0 Å². The van der Waals surface area contributed by atoms with Gasteiger partial charge in [-0.1, -0.05) is 37.6 Å². The van der Waals surface area contributed by atoms with Crippen molar-refractivity contribution in [3.8, 4) is 0 Å². The highest BCUT2D eigenvalue weighted by atomic mass is 15.2. The second-order valence-electron chi connectivity index (χ2n) is 6.59. The Labute approximate surface area is 123 Å². The van der Waals surface area contributed by atoms with E-state index in [1.165, 1.54) is 56.3 Å². The first-order chi connectivity index (χ1) is 9.76. The predicted octanol–water partition coefficient (Wildman–Crippen LogP) is 3.53. The zero-order valence-corrected chi connectivity index (χ0v) is 12.9. The Morgan fingerprint density at radius 3 is 2.65 bits per heavy atom. The van der Waals surface area contributed by atoms with E-state index in [4.69, 9.17) is 0 Å². The van der Waals surface area contributed by atoms with Crippen LogP contribution in [-0.2, 0) is 6.42 Å². The van der Waals surface area contributed by atoms with E-state index in [0.717, 1.165) is 12.1 Å². The molecule has 1 N–H and O–H groups in total. The lowest BCUT2D eigenvalue weighted by Gasteiger charge is -2.30. The summed E-state index contributed by atoms with van der Waals surface area (Å²) in [4.78, 5) is 2.67. The molecule has 1 aromatic rings. The number of nitrogens with zero attached hydrogens (tertiary/aromatic N) is 1. The van der Waals surface area contributed by atoms with Crippen molar-refractivity contribution in [3.63, 3.8) is 0 Å². The van der Waals surface area contributed by atoms with E-state index in [1.54, 1.807) is 0 Å². The molecule has 2 aliphatic heterocycles. The minimum Gasteiger partial charge on any atom is -0.310 e. The first-order valence-electron chi connectivity index (χ1n) is 8.35. The Morgan fingerprint density at radius 1 is 1.15 bits per heavy atom. The van der Waals surface area contributed by atoms with Crippen LogP contribution in [-0.4, -0.2) is 30.1 Å². The number of nitrogens with one attached hydrogen (secondary N) is 1. The summed E-state index contributed by atoms with van der Waals surface area (Å²) in [5, 5.41) is 3.77. The van der Waals surface area contributed by atoms with E-state index >= 15 is 0 Å². The molecule has 20 heavy (non-hydrogen) atoms. The number of likely N-dealkylation sites (tertiary alicyclic amines) is 1. The van der Waals surface area contributed by atoms with Gasteiger partial charge in [-0.05, 0) is 43.7 Å². The molecule has 0 spiro atoms. The Morgan fingerprint density at radius 2 is 1.90 bits per heavy atom. The number of hydrogen-bond donors (Lipinski definition) is 1. The first kappa shape index (κ1) is 14.1. The van der Waals surface area contributed by atoms with Crippen molar-refractivity contribution in [2.45, 2.75) is 64.1 Å². The Balaban J connectivity index is 1.66. The van der Waals surface area contributed by atoms with Gasteiger partial charge in [0, 0.05) is 31.2 Å². The second-order valence-corrected chi connectivity index (χ2v) is 6.59. The molecule has 0 amide bonds. The summed E-state index contributed by atoms with van der Waals surface area (Å²) in [5.74, 6) is 0. The van der Waals surface area contributed by atoms with Gasteiger partial charge < -0.3 is 5.32 Å². The lowest BCUT2D eigenvalue weighted by atomic mass is 10.0. The van der Waals surface area contributed by atoms with Gasteiger partial charge in [0.2, 0.25) is 0 Å². The molecule has 0 aliphatic carbocycles. The fourth-order valence-corrected chi connectivity index (χ4v) is 3.78. The van der Waals surface area contributed by atoms with E-state index in [9.17, 15) is 0 Å². The van der Waals surface area contributed by atoms with E-state index < -0.39 is 0 Å². The molecule has 2 aliphatic rings. The zero-order valence-electron chi connectivity index (χ0n) is 12.9. The molecular weight excluding hydrogens is 244 g/mol. The molecule has 0 radical (unpaired) electrons. The van der Waals surface area contributed by atoms with Gasteiger partial charge in [-0.2, -0.15) is 0 Å². The van der Waals surface area contributed by atoms with Crippen molar-refractivity contribution < 1.29 is 0 Å². The summed E-state index contributed by atoms with van der Waals surface area (Å²) >= 11 is 0. The molecule has 2 bridgehead atoms. The maximum atomic E-state index is 3.77. The highest BCUT2D eigenvalue weighted by Gasteiger charge is 2.31. The van der Waals surface area contributed by atoms with Gasteiger partial charge in [-0.25, -0.2) is 0 Å². The molecule has 3 rings (SSSR count). The van der Waals surface area contributed by atoms with Crippen LogP contribution in [0.1, 0.15) is 56.7 Å². The average Bonchev–Trinajstić information content (AvgIpc) is 2.79. The topological polar surface area (TPSA) is 15.3 Å². The first-order valence-corrected chi connectivity index (χ1v) is 8.35. The van der Waals surface area contributed by atoms with Gasteiger partial charge in [-0.15, -0.1) is 0 Å². The van der Waals surface area contributed by atoms with Crippen molar-refractivity contribution >= 4 is 0 Å². The quantitative estimate of drug-likeness (QED) is 0.902. The molecule has 1 aromatic carbocycles. The fourth-order valence-electron chi connectivity index (χ4n) is 3.78. The van der Waals surface area contributed by atoms with Crippen molar-refractivity contribution in [2.24, 2.45) is 0 Å². The van der Waals surface area contributed by atoms with E-state index in [0.29, 0.717) is 6.04 Å². The maximum absolute atomic E-state index is 3.77. The van der Waals surface area contributed by atoms with Crippen molar-refractivity contribution in [1.29, 1.82) is 0 Å². The molecule has 3 unspecified atom stereocenters. The zero-order chi connectivity index (χ0) is 13.9. The summed E-state index contributed by atoms with van der Waals surface area (Å²) in [5.41, 5.74) is 2.95. The fraction of sp³-hybridized carbons (Fsp3) is 0.667. The van der Waals surface area contributed by atoms with Crippen LogP contribution >= 0.6 is 0 Å². The summed E-state index contributed by atoms with van der Waals surface area (Å²) < 4.78 is 0. The standard InChI is InChI=1S/C18H28N2/c1-3-4-15-5-7-16(8-6-15)14(2)20-12-11-17-9-10-18(13-20)19-17/h5-8,14,17-19H,3-4,9-13H2,1-2H3. The van der Waals surface area contributed by atoms with Gasteiger partial charge in [-0.3, -0.25) is 4.90 Å². The number of aryl methyl sites for hydroxylation is 1. The Kier molecular flexibility index (Phi) is 4.42. The van der Waals surface area contributed by atoms with Gasteiger partial charge in [0.05, 0.1) is 0 Å². The molecular formula is C18H28N2. The minimum absolute atomic E-state index is 0.548. The van der Waals surface area contributed by atoms with Crippen molar-refractivity contribution in [1.82, 2.24) is 10.2 Å². The molecule has 2 fully saturated rings. The van der Waals surface area contributed by atoms with Crippen molar-refractivity contribution in [3.05, 3.63) is 35.4 Å². The largest absolute Gasteiger partial charge is 0.310 e. The monoisotopic (exact) mass is 272 g/mol. The third kappa shape index (κ3) is 3.07. The molecule has 2 heterocycles. The second kappa shape index (κ2) is 6.28. The number of fused-ring (bicyclic) bond motifs is 2. The van der Waals surface area contributed by atoms with Crippen LogP contribution in [0, 0.1) is 0 Å². The Bertz CT molecular complexity index is 426. The summed E-state index contributed by atoms with van der Waals surface area (Å²) in [6.45, 7) is 7.07. The highest BCUT2D eigenvalue weighted by molar-refractivity contribution is 5.25. The van der Waals surface area contributed by atoms with E-state index in [1.807, 2.05) is 0 Å². The van der Waals surface area contributed by atoms with Crippen LogP contribution < -0.4 is 5.32 Å². The molecule has 3 atom stereocenters. The summed E-state index contributed by atoms with van der Waals surface area (Å²) in [6, 6.07) is 11.4. The van der Waals surface area contributed by atoms with Crippen LogP contribution in [0.25, 0.3) is 0 Å². The molecule has 2 saturated heterocycles. The van der Waals surface area contributed by atoms with Crippen LogP contribution in [0.3, 0.4) is 0 Å². The minimum atomic E-state index is 0.548. The van der Waals surface area contributed by atoms with Gasteiger partial charge in [0.25, 0.3) is 0 Å². The molecule has 0 saturated carbocycles. The SMILES string of the molecule is CCCc1ccc(C(C)N2CCC3CCC(C2)N3)cc1. The van der Waals surface area contributed by atoms with Crippen LogP contribution in [0.4, 0.5) is 0 Å². The van der Waals surface area contributed by atoms with Gasteiger partial charge >= 0.3 is 0 Å². The van der Waals surface area contributed by atoms with Crippen LogP contribution in [0.5, 0.6) is 0 Å². The van der Waals surface area contributed by atoms with Crippen LogP contribution in [0.15, 0.2) is 24.3 Å². The predicted molar refractivity (Wildman–Crippen MR) is 85.0 cm³/mol. The normalized spacial score (nSPS) is 28.3. The third-order valence-electron chi connectivity index (χ3n) is 5.10. The molecule has 2 heteroatoms. The lowest BCUT2D eigenvalue weighted by molar-refractivity contribution is 0.200. The maximum Gasteiger partial charge on any atom is 0.0320 e. The smallest absolute Gasteiger partial charge is 0.0320 e. The molecule has 2 nitrogen and oxygen atoms in total. The number of hydrogen-bond acceptors (Lipinski definition) is 2. The summed E-state index contributed by atoms with van der Waals surface area (Å²) in [6.07, 6.45) is 6.50.